The number of carbonyl (C=O) groups excluding carboxylic acids is 2. The van der Waals surface area contributed by atoms with Gasteiger partial charge in [0.25, 0.3) is 5.91 Å². The Kier molecular flexibility index (Phi) is 7.79. The second-order valence-electron chi connectivity index (χ2n) is 8.81. The van der Waals surface area contributed by atoms with Gasteiger partial charge in [0.2, 0.25) is 11.7 Å². The number of hydrogen-bond acceptors (Lipinski definition) is 7. The minimum atomic E-state index is -0.655. The average Bonchev–Trinajstić information content (AvgIpc) is 3.62. The number of nitrogens with zero attached hydrogens (tertiary/aromatic N) is 5. The van der Waals surface area contributed by atoms with Crippen LogP contribution in [-0.2, 0) is 16.1 Å². The molecular weight excluding hydrogens is 448 g/mol. The van der Waals surface area contributed by atoms with Crippen LogP contribution in [0.4, 0.5) is 5.69 Å². The Bertz CT molecular complexity index is 1130. The van der Waals surface area contributed by atoms with Gasteiger partial charge < -0.3 is 14.5 Å². The number of rotatable bonds is 10. The summed E-state index contributed by atoms with van der Waals surface area (Å²) in [5.74, 6) is 1.73. The Morgan fingerprint density at radius 1 is 1.20 bits per heavy atom. The highest BCUT2D eigenvalue weighted by molar-refractivity contribution is 6.00. The van der Waals surface area contributed by atoms with Crippen LogP contribution in [0.3, 0.4) is 0 Å². The summed E-state index contributed by atoms with van der Waals surface area (Å²) in [5, 5.41) is 15.5. The number of methoxy groups -OCH3 is 1. The van der Waals surface area contributed by atoms with Crippen molar-refractivity contribution in [2.75, 3.05) is 12.0 Å². The first-order valence-corrected chi connectivity index (χ1v) is 12.1. The molecule has 1 saturated carbocycles. The Labute approximate surface area is 204 Å². The first-order chi connectivity index (χ1) is 17.0. The standard InChI is InChI=1S/C25H32N6O4/c1-4-7-21(25(33)26-18-8-5-6-9-18)31(19-11-13-20(34-3)14-12-19)23(32)16-30-28-24(27-29-30)22-15-10-17(2)35-22/h10-15,18,21H,4-9,16H2,1-3H3,(H,26,33). The number of tetrazole rings is 1. The molecule has 2 amide bonds. The molecule has 4 rings (SSSR count). The average molecular weight is 481 g/mol. The van der Waals surface area contributed by atoms with Crippen LogP contribution in [0.2, 0.25) is 0 Å². The summed E-state index contributed by atoms with van der Waals surface area (Å²) in [5.41, 5.74) is 0.609. The lowest BCUT2D eigenvalue weighted by molar-refractivity contribution is -0.127. The maximum atomic E-state index is 13.6. The Hall–Kier alpha value is -3.69. The SMILES string of the molecule is CCCC(C(=O)NC1CCCC1)N(C(=O)Cn1nnc(-c2ccc(C)o2)n1)c1ccc(OC)cc1. The van der Waals surface area contributed by atoms with Crippen molar-refractivity contribution in [1.82, 2.24) is 25.5 Å². The molecule has 186 valence electrons. The van der Waals surface area contributed by atoms with E-state index in [-0.39, 0.29) is 24.4 Å². The van der Waals surface area contributed by atoms with Crippen molar-refractivity contribution in [2.45, 2.75) is 71.0 Å². The molecule has 1 fully saturated rings. The van der Waals surface area contributed by atoms with Gasteiger partial charge in [-0.05, 0) is 67.8 Å². The van der Waals surface area contributed by atoms with Crippen molar-refractivity contribution in [3.8, 4) is 17.3 Å². The molecule has 1 aromatic carbocycles. The van der Waals surface area contributed by atoms with Crippen molar-refractivity contribution in [1.29, 1.82) is 0 Å². The Morgan fingerprint density at radius 2 is 1.94 bits per heavy atom. The summed E-state index contributed by atoms with van der Waals surface area (Å²) < 4.78 is 10.8. The first kappa shape index (κ1) is 24.4. The molecule has 35 heavy (non-hydrogen) atoms. The van der Waals surface area contributed by atoms with E-state index in [1.807, 2.05) is 19.9 Å². The predicted octanol–water partition coefficient (Wildman–Crippen LogP) is 3.51. The molecule has 2 heterocycles. The van der Waals surface area contributed by atoms with Gasteiger partial charge >= 0.3 is 0 Å². The fourth-order valence-electron chi connectivity index (χ4n) is 4.42. The van der Waals surface area contributed by atoms with E-state index in [2.05, 4.69) is 20.7 Å². The summed E-state index contributed by atoms with van der Waals surface area (Å²) in [4.78, 5) is 29.8. The molecule has 0 spiro atoms. The van der Waals surface area contributed by atoms with Crippen LogP contribution in [-0.4, -0.2) is 51.2 Å². The van der Waals surface area contributed by atoms with E-state index in [0.29, 0.717) is 29.4 Å². The topological polar surface area (TPSA) is 115 Å². The lowest BCUT2D eigenvalue weighted by Crippen LogP contribution is -2.52. The van der Waals surface area contributed by atoms with E-state index < -0.39 is 6.04 Å². The Morgan fingerprint density at radius 3 is 2.57 bits per heavy atom. The van der Waals surface area contributed by atoms with Crippen LogP contribution in [0.25, 0.3) is 11.6 Å². The molecule has 1 aliphatic carbocycles. The molecule has 3 aromatic rings. The van der Waals surface area contributed by atoms with E-state index in [4.69, 9.17) is 9.15 Å². The van der Waals surface area contributed by atoms with Gasteiger partial charge in [-0.3, -0.25) is 14.5 Å². The molecule has 1 aliphatic rings. The number of benzene rings is 1. The minimum absolute atomic E-state index is 0.138. The van der Waals surface area contributed by atoms with Gasteiger partial charge in [-0.25, -0.2) is 0 Å². The number of ether oxygens (including phenoxy) is 1. The van der Waals surface area contributed by atoms with Gasteiger partial charge in [-0.1, -0.05) is 26.2 Å². The van der Waals surface area contributed by atoms with Gasteiger partial charge in [0.1, 0.15) is 24.1 Å². The van der Waals surface area contributed by atoms with E-state index >= 15 is 0 Å². The smallest absolute Gasteiger partial charge is 0.251 e. The minimum Gasteiger partial charge on any atom is -0.497 e. The summed E-state index contributed by atoms with van der Waals surface area (Å²) in [6.45, 7) is 3.66. The highest BCUT2D eigenvalue weighted by atomic mass is 16.5. The van der Waals surface area contributed by atoms with Crippen molar-refractivity contribution in [2.24, 2.45) is 0 Å². The number of hydrogen-bond donors (Lipinski definition) is 1. The molecule has 0 aliphatic heterocycles. The van der Waals surface area contributed by atoms with Crippen LogP contribution in [0.5, 0.6) is 5.75 Å². The monoisotopic (exact) mass is 480 g/mol. The maximum absolute atomic E-state index is 13.6. The normalized spacial score (nSPS) is 14.6. The largest absolute Gasteiger partial charge is 0.497 e. The molecule has 1 atom stereocenters. The van der Waals surface area contributed by atoms with Crippen LogP contribution in [0.1, 0.15) is 51.2 Å². The van der Waals surface area contributed by atoms with E-state index in [0.717, 1.165) is 37.9 Å². The lowest BCUT2D eigenvalue weighted by atomic mass is 10.1. The second kappa shape index (κ2) is 11.2. The molecule has 0 radical (unpaired) electrons. The number of aromatic nitrogens is 4. The number of anilines is 1. The molecule has 10 nitrogen and oxygen atoms in total. The van der Waals surface area contributed by atoms with Crippen molar-refractivity contribution in [3.05, 3.63) is 42.2 Å². The lowest BCUT2D eigenvalue weighted by Gasteiger charge is -2.32. The summed E-state index contributed by atoms with van der Waals surface area (Å²) in [7, 11) is 1.58. The third kappa shape index (κ3) is 5.87. The summed E-state index contributed by atoms with van der Waals surface area (Å²) in [6.07, 6.45) is 5.43. The van der Waals surface area contributed by atoms with Gasteiger partial charge in [-0.2, -0.15) is 4.80 Å². The highest BCUT2D eigenvalue weighted by Gasteiger charge is 2.33. The number of furan rings is 1. The van der Waals surface area contributed by atoms with Crippen molar-refractivity contribution < 1.29 is 18.7 Å². The van der Waals surface area contributed by atoms with E-state index in [1.165, 1.54) is 4.80 Å². The van der Waals surface area contributed by atoms with E-state index in [9.17, 15) is 9.59 Å². The summed E-state index contributed by atoms with van der Waals surface area (Å²) in [6, 6.07) is 10.2. The van der Waals surface area contributed by atoms with Crippen LogP contribution in [0, 0.1) is 6.92 Å². The van der Waals surface area contributed by atoms with Crippen LogP contribution >= 0.6 is 0 Å². The number of amides is 2. The van der Waals surface area contributed by atoms with Crippen LogP contribution < -0.4 is 15.0 Å². The third-order valence-corrected chi connectivity index (χ3v) is 6.19. The van der Waals surface area contributed by atoms with Gasteiger partial charge in [0.15, 0.2) is 5.76 Å². The molecule has 1 unspecified atom stereocenters. The first-order valence-electron chi connectivity index (χ1n) is 12.1. The van der Waals surface area contributed by atoms with Gasteiger partial charge in [0.05, 0.1) is 7.11 Å². The zero-order valence-electron chi connectivity index (χ0n) is 20.4. The van der Waals surface area contributed by atoms with E-state index in [1.54, 1.807) is 42.3 Å². The molecule has 1 N–H and O–H groups in total. The van der Waals surface area contributed by atoms with Crippen molar-refractivity contribution in [3.63, 3.8) is 0 Å². The maximum Gasteiger partial charge on any atom is 0.251 e. The molecule has 0 saturated heterocycles. The highest BCUT2D eigenvalue weighted by Crippen LogP contribution is 2.25. The Balaban J connectivity index is 1.60. The zero-order valence-corrected chi connectivity index (χ0v) is 20.4. The fourth-order valence-corrected chi connectivity index (χ4v) is 4.42. The second-order valence-corrected chi connectivity index (χ2v) is 8.81. The zero-order chi connectivity index (χ0) is 24.8. The molecule has 0 bridgehead atoms. The fraction of sp³-hybridized carbons (Fsp3) is 0.480. The van der Waals surface area contributed by atoms with Gasteiger partial charge in [-0.15, -0.1) is 10.2 Å². The summed E-state index contributed by atoms with van der Waals surface area (Å²) >= 11 is 0. The number of nitrogens with one attached hydrogen (secondary N) is 1. The molecular formula is C25H32N6O4. The van der Waals surface area contributed by atoms with Crippen LogP contribution in [0.15, 0.2) is 40.8 Å². The van der Waals surface area contributed by atoms with Gasteiger partial charge in [0, 0.05) is 11.7 Å². The number of carbonyl (C=O) groups is 2. The number of aryl methyl sites for hydroxylation is 1. The predicted molar refractivity (Wildman–Crippen MR) is 130 cm³/mol. The quantitative estimate of drug-likeness (QED) is 0.472. The molecule has 10 heteroatoms. The third-order valence-electron chi connectivity index (χ3n) is 6.19. The molecule has 2 aromatic heterocycles. The van der Waals surface area contributed by atoms with Crippen molar-refractivity contribution >= 4 is 17.5 Å².